The number of hydrogen-bond acceptors (Lipinski definition) is 3. The van der Waals surface area contributed by atoms with E-state index in [4.69, 9.17) is 0 Å². The molecule has 0 saturated carbocycles. The monoisotopic (exact) mass is 324 g/mol. The van der Waals surface area contributed by atoms with Crippen LogP contribution in [0.15, 0.2) is 58.3 Å². The SMILES string of the molecule is CC(C)(C)CNC(=O)c1ccccc1Sc1ccccc1C#N. The number of rotatable bonds is 4. The van der Waals surface area contributed by atoms with E-state index >= 15 is 0 Å². The summed E-state index contributed by atoms with van der Waals surface area (Å²) in [4.78, 5) is 14.2. The smallest absolute Gasteiger partial charge is 0.252 e. The molecule has 0 aliphatic carbocycles. The summed E-state index contributed by atoms with van der Waals surface area (Å²) in [5, 5.41) is 12.2. The minimum Gasteiger partial charge on any atom is -0.351 e. The molecule has 0 fully saturated rings. The van der Waals surface area contributed by atoms with Crippen molar-refractivity contribution in [3.8, 4) is 6.07 Å². The van der Waals surface area contributed by atoms with E-state index < -0.39 is 0 Å². The van der Waals surface area contributed by atoms with Crippen LogP contribution in [0.5, 0.6) is 0 Å². The van der Waals surface area contributed by atoms with Crippen LogP contribution in [0.4, 0.5) is 0 Å². The van der Waals surface area contributed by atoms with Crippen molar-refractivity contribution in [1.82, 2.24) is 5.32 Å². The van der Waals surface area contributed by atoms with E-state index in [1.54, 1.807) is 6.07 Å². The van der Waals surface area contributed by atoms with E-state index in [1.165, 1.54) is 11.8 Å². The standard InChI is InChI=1S/C19H20N2OS/c1-19(2,3)13-21-18(22)15-9-5-7-11-17(15)23-16-10-6-4-8-14(16)12-20/h4-11H,13H2,1-3H3,(H,21,22). The Morgan fingerprint density at radius 2 is 1.70 bits per heavy atom. The Morgan fingerprint density at radius 3 is 2.35 bits per heavy atom. The highest BCUT2D eigenvalue weighted by Crippen LogP contribution is 2.32. The van der Waals surface area contributed by atoms with Crippen molar-refractivity contribution in [1.29, 1.82) is 5.26 Å². The highest BCUT2D eigenvalue weighted by atomic mass is 32.2. The lowest BCUT2D eigenvalue weighted by Gasteiger charge is -2.19. The fourth-order valence-corrected chi connectivity index (χ4v) is 2.97. The van der Waals surface area contributed by atoms with Crippen LogP contribution < -0.4 is 5.32 Å². The maximum Gasteiger partial charge on any atom is 0.252 e. The summed E-state index contributed by atoms with van der Waals surface area (Å²) in [6, 6.07) is 17.1. The van der Waals surface area contributed by atoms with Gasteiger partial charge in [-0.05, 0) is 29.7 Å². The molecule has 0 atom stereocenters. The molecule has 0 unspecified atom stereocenters. The van der Waals surface area contributed by atoms with Crippen LogP contribution in [0.3, 0.4) is 0 Å². The number of nitrogens with zero attached hydrogens (tertiary/aromatic N) is 1. The van der Waals surface area contributed by atoms with Gasteiger partial charge < -0.3 is 5.32 Å². The first-order chi connectivity index (χ1) is 10.9. The van der Waals surface area contributed by atoms with E-state index in [9.17, 15) is 10.1 Å². The van der Waals surface area contributed by atoms with Crippen molar-refractivity contribution >= 4 is 17.7 Å². The van der Waals surface area contributed by atoms with Gasteiger partial charge in [0.15, 0.2) is 0 Å². The van der Waals surface area contributed by atoms with E-state index in [2.05, 4.69) is 32.2 Å². The number of hydrogen-bond donors (Lipinski definition) is 1. The van der Waals surface area contributed by atoms with Crippen LogP contribution in [0, 0.1) is 16.7 Å². The molecule has 2 aromatic rings. The average molecular weight is 324 g/mol. The maximum absolute atomic E-state index is 12.5. The fourth-order valence-electron chi connectivity index (χ4n) is 1.95. The molecule has 0 radical (unpaired) electrons. The highest BCUT2D eigenvalue weighted by Gasteiger charge is 2.16. The zero-order valence-corrected chi connectivity index (χ0v) is 14.4. The van der Waals surface area contributed by atoms with Crippen LogP contribution in [0.2, 0.25) is 0 Å². The largest absolute Gasteiger partial charge is 0.351 e. The summed E-state index contributed by atoms with van der Waals surface area (Å²) < 4.78 is 0. The summed E-state index contributed by atoms with van der Waals surface area (Å²) in [6.45, 7) is 6.85. The lowest BCUT2D eigenvalue weighted by atomic mass is 9.97. The van der Waals surface area contributed by atoms with Crippen LogP contribution in [0.25, 0.3) is 0 Å². The zero-order chi connectivity index (χ0) is 16.9. The van der Waals surface area contributed by atoms with E-state index in [1.807, 2.05) is 42.5 Å². The molecule has 0 aromatic heterocycles. The molecule has 4 heteroatoms. The van der Waals surface area contributed by atoms with Gasteiger partial charge in [0, 0.05) is 16.3 Å². The van der Waals surface area contributed by atoms with Crippen LogP contribution in [0.1, 0.15) is 36.7 Å². The quantitative estimate of drug-likeness (QED) is 0.902. The molecule has 0 saturated heterocycles. The van der Waals surface area contributed by atoms with Gasteiger partial charge in [-0.3, -0.25) is 4.79 Å². The van der Waals surface area contributed by atoms with Gasteiger partial charge in [-0.2, -0.15) is 5.26 Å². The number of benzene rings is 2. The van der Waals surface area contributed by atoms with Gasteiger partial charge in [0.25, 0.3) is 5.91 Å². The van der Waals surface area contributed by atoms with Gasteiger partial charge in [0.05, 0.1) is 11.1 Å². The zero-order valence-electron chi connectivity index (χ0n) is 13.6. The molecule has 3 nitrogen and oxygen atoms in total. The predicted molar refractivity (Wildman–Crippen MR) is 93.5 cm³/mol. The Labute approximate surface area is 141 Å². The second-order valence-electron chi connectivity index (χ2n) is 6.45. The maximum atomic E-state index is 12.5. The molecule has 118 valence electrons. The molecule has 0 spiro atoms. The molecule has 2 aromatic carbocycles. The molecular weight excluding hydrogens is 304 g/mol. The number of carbonyl (C=O) groups excluding carboxylic acids is 1. The van der Waals surface area contributed by atoms with E-state index in [0.29, 0.717) is 17.7 Å². The summed E-state index contributed by atoms with van der Waals surface area (Å²) in [5.74, 6) is -0.0857. The van der Waals surface area contributed by atoms with Crippen molar-refractivity contribution in [3.05, 3.63) is 59.7 Å². The molecule has 0 aliphatic heterocycles. The Morgan fingerprint density at radius 1 is 1.09 bits per heavy atom. The summed E-state index contributed by atoms with van der Waals surface area (Å²) >= 11 is 1.44. The van der Waals surface area contributed by atoms with Gasteiger partial charge in [-0.1, -0.05) is 56.8 Å². The molecule has 0 aliphatic rings. The third-order valence-electron chi connectivity index (χ3n) is 3.14. The van der Waals surface area contributed by atoms with E-state index in [0.717, 1.165) is 9.79 Å². The van der Waals surface area contributed by atoms with E-state index in [-0.39, 0.29) is 11.3 Å². The third kappa shape index (κ3) is 4.87. The summed E-state index contributed by atoms with van der Waals surface area (Å²) in [7, 11) is 0. The van der Waals surface area contributed by atoms with Crippen molar-refractivity contribution in [3.63, 3.8) is 0 Å². The molecular formula is C19H20N2OS. The van der Waals surface area contributed by atoms with Gasteiger partial charge in [-0.25, -0.2) is 0 Å². The van der Waals surface area contributed by atoms with Gasteiger partial charge in [-0.15, -0.1) is 0 Å². The van der Waals surface area contributed by atoms with Crippen molar-refractivity contribution < 1.29 is 4.79 Å². The average Bonchev–Trinajstić information content (AvgIpc) is 2.53. The van der Waals surface area contributed by atoms with Crippen molar-refractivity contribution in [2.24, 2.45) is 5.41 Å². The Hall–Kier alpha value is -2.25. The van der Waals surface area contributed by atoms with Gasteiger partial charge in [0.1, 0.15) is 6.07 Å². The second kappa shape index (κ2) is 7.34. The Kier molecular flexibility index (Phi) is 5.46. The van der Waals surface area contributed by atoms with Crippen LogP contribution >= 0.6 is 11.8 Å². The second-order valence-corrected chi connectivity index (χ2v) is 7.53. The third-order valence-corrected chi connectivity index (χ3v) is 4.29. The predicted octanol–water partition coefficient (Wildman–Crippen LogP) is 4.49. The van der Waals surface area contributed by atoms with Gasteiger partial charge in [0.2, 0.25) is 0 Å². The minimum atomic E-state index is -0.0857. The van der Waals surface area contributed by atoms with Crippen LogP contribution in [-0.2, 0) is 0 Å². The highest BCUT2D eigenvalue weighted by molar-refractivity contribution is 7.99. The van der Waals surface area contributed by atoms with Crippen LogP contribution in [-0.4, -0.2) is 12.5 Å². The molecule has 1 N–H and O–H groups in total. The number of nitrogens with one attached hydrogen (secondary N) is 1. The molecule has 0 bridgehead atoms. The van der Waals surface area contributed by atoms with Gasteiger partial charge >= 0.3 is 0 Å². The number of nitriles is 1. The molecule has 1 amide bonds. The van der Waals surface area contributed by atoms with Crippen molar-refractivity contribution in [2.45, 2.75) is 30.6 Å². The first-order valence-corrected chi connectivity index (χ1v) is 8.26. The molecule has 23 heavy (non-hydrogen) atoms. The summed E-state index contributed by atoms with van der Waals surface area (Å²) in [5.41, 5.74) is 1.28. The lowest BCUT2D eigenvalue weighted by molar-refractivity contribution is 0.0936. The first-order valence-electron chi connectivity index (χ1n) is 7.45. The fraction of sp³-hybridized carbons (Fsp3) is 0.263. The van der Waals surface area contributed by atoms with Crippen molar-refractivity contribution in [2.75, 3.05) is 6.54 Å². The normalized spacial score (nSPS) is 10.9. The Balaban J connectivity index is 2.24. The first kappa shape index (κ1) is 17.1. The topological polar surface area (TPSA) is 52.9 Å². The number of amides is 1. The molecule has 2 rings (SSSR count). The Bertz CT molecular complexity index is 742. The molecule has 0 heterocycles. The lowest BCUT2D eigenvalue weighted by Crippen LogP contribution is -2.32. The summed E-state index contributed by atoms with van der Waals surface area (Å²) in [6.07, 6.45) is 0. The minimum absolute atomic E-state index is 0.0329. The number of carbonyl (C=O) groups is 1.